The molecule has 5 nitrogen and oxygen atoms in total. The third-order valence-corrected chi connectivity index (χ3v) is 4.16. The minimum absolute atomic E-state index is 0.583. The van der Waals surface area contributed by atoms with Crippen LogP contribution in [-0.2, 0) is 6.42 Å². The molecule has 0 bridgehead atoms. The largest absolute Gasteiger partial charge is 0.496 e. The lowest BCUT2D eigenvalue weighted by Gasteiger charge is -2.12. The van der Waals surface area contributed by atoms with E-state index in [1.54, 1.807) is 34.7 Å². The van der Waals surface area contributed by atoms with Crippen molar-refractivity contribution in [2.75, 3.05) is 28.4 Å². The minimum Gasteiger partial charge on any atom is -0.496 e. The summed E-state index contributed by atoms with van der Waals surface area (Å²) in [6.45, 7) is 0. The highest BCUT2D eigenvalue weighted by Gasteiger charge is 2.12. The van der Waals surface area contributed by atoms with Gasteiger partial charge in [-0.2, -0.15) is 0 Å². The van der Waals surface area contributed by atoms with Gasteiger partial charge in [-0.05, 0) is 47.9 Å². The summed E-state index contributed by atoms with van der Waals surface area (Å²) in [7, 11) is 6.47. The van der Waals surface area contributed by atoms with E-state index in [9.17, 15) is 0 Å². The van der Waals surface area contributed by atoms with Crippen molar-refractivity contribution in [2.45, 2.75) is 6.42 Å². The Morgan fingerprint density at radius 2 is 1.54 bits per heavy atom. The standard InChI is InChI=1S/C21H22O5/c1-22-17-10-14(11-18-16(17)8-9-26-18)6-5-7-15-12-19(23-2)21(25-4)20(13-15)24-3/h5,7-13H,6H2,1-4H3/b7-5+. The molecule has 26 heavy (non-hydrogen) atoms. The van der Waals surface area contributed by atoms with Crippen LogP contribution >= 0.6 is 0 Å². The fraction of sp³-hybridized carbons (Fsp3) is 0.238. The topological polar surface area (TPSA) is 50.1 Å². The van der Waals surface area contributed by atoms with E-state index in [4.69, 9.17) is 23.4 Å². The second kappa shape index (κ2) is 7.87. The van der Waals surface area contributed by atoms with Gasteiger partial charge in [0.05, 0.1) is 40.1 Å². The van der Waals surface area contributed by atoms with E-state index in [1.807, 2.05) is 36.4 Å². The number of fused-ring (bicyclic) bond motifs is 1. The maximum Gasteiger partial charge on any atom is 0.203 e. The Kier molecular flexibility index (Phi) is 5.37. The van der Waals surface area contributed by atoms with Crippen LogP contribution in [0.1, 0.15) is 11.1 Å². The second-order valence-electron chi connectivity index (χ2n) is 5.70. The summed E-state index contributed by atoms with van der Waals surface area (Å²) in [4.78, 5) is 0. The summed E-state index contributed by atoms with van der Waals surface area (Å²) in [5, 5.41) is 0.977. The smallest absolute Gasteiger partial charge is 0.203 e. The summed E-state index contributed by atoms with van der Waals surface area (Å²) < 4.78 is 27.1. The van der Waals surface area contributed by atoms with E-state index in [2.05, 4.69) is 6.08 Å². The molecule has 1 aromatic heterocycles. The van der Waals surface area contributed by atoms with Crippen LogP contribution in [0.4, 0.5) is 0 Å². The quantitative estimate of drug-likeness (QED) is 0.614. The molecule has 5 heteroatoms. The van der Waals surface area contributed by atoms with Gasteiger partial charge in [0.1, 0.15) is 11.3 Å². The molecule has 0 amide bonds. The first-order valence-corrected chi connectivity index (χ1v) is 8.20. The Bertz CT molecular complexity index is 898. The first kappa shape index (κ1) is 17.7. The highest BCUT2D eigenvalue weighted by atomic mass is 16.5. The van der Waals surface area contributed by atoms with Gasteiger partial charge in [0.2, 0.25) is 5.75 Å². The molecular weight excluding hydrogens is 332 g/mol. The second-order valence-corrected chi connectivity index (χ2v) is 5.70. The van der Waals surface area contributed by atoms with Crippen LogP contribution in [-0.4, -0.2) is 28.4 Å². The number of hydrogen-bond donors (Lipinski definition) is 0. The van der Waals surface area contributed by atoms with Crippen molar-refractivity contribution in [2.24, 2.45) is 0 Å². The number of ether oxygens (including phenoxy) is 4. The molecule has 0 atom stereocenters. The summed E-state index contributed by atoms with van der Waals surface area (Å²) in [6, 6.07) is 9.78. The Morgan fingerprint density at radius 3 is 2.15 bits per heavy atom. The number of benzene rings is 2. The third-order valence-electron chi connectivity index (χ3n) is 4.16. The molecular formula is C21H22O5. The van der Waals surface area contributed by atoms with E-state index in [0.717, 1.165) is 34.3 Å². The van der Waals surface area contributed by atoms with Gasteiger partial charge in [-0.1, -0.05) is 12.2 Å². The predicted octanol–water partition coefficient (Wildman–Crippen LogP) is 4.72. The molecule has 136 valence electrons. The van der Waals surface area contributed by atoms with Crippen LogP contribution in [0.5, 0.6) is 23.0 Å². The van der Waals surface area contributed by atoms with Gasteiger partial charge in [0, 0.05) is 0 Å². The average molecular weight is 354 g/mol. The predicted molar refractivity (Wildman–Crippen MR) is 102 cm³/mol. The van der Waals surface area contributed by atoms with Crippen molar-refractivity contribution < 1.29 is 23.4 Å². The monoisotopic (exact) mass is 354 g/mol. The highest BCUT2D eigenvalue weighted by molar-refractivity contribution is 5.84. The Labute approximate surface area is 152 Å². The van der Waals surface area contributed by atoms with Crippen LogP contribution in [0.15, 0.2) is 47.1 Å². The molecule has 3 aromatic rings. The van der Waals surface area contributed by atoms with Crippen molar-refractivity contribution in [1.82, 2.24) is 0 Å². The number of furan rings is 1. The molecule has 0 saturated heterocycles. The maximum atomic E-state index is 5.50. The van der Waals surface area contributed by atoms with Crippen molar-refractivity contribution in [3.63, 3.8) is 0 Å². The molecule has 0 aliphatic heterocycles. The van der Waals surface area contributed by atoms with Crippen LogP contribution < -0.4 is 18.9 Å². The Balaban J connectivity index is 1.84. The Morgan fingerprint density at radius 1 is 0.846 bits per heavy atom. The van der Waals surface area contributed by atoms with Gasteiger partial charge >= 0.3 is 0 Å². The van der Waals surface area contributed by atoms with E-state index >= 15 is 0 Å². The van der Waals surface area contributed by atoms with Gasteiger partial charge in [0.15, 0.2) is 11.5 Å². The van der Waals surface area contributed by atoms with Crippen LogP contribution in [0.25, 0.3) is 17.0 Å². The van der Waals surface area contributed by atoms with Crippen molar-refractivity contribution in [3.05, 3.63) is 53.8 Å². The average Bonchev–Trinajstić information content (AvgIpc) is 3.15. The molecule has 0 unspecified atom stereocenters. The molecule has 0 N–H and O–H groups in total. The fourth-order valence-electron chi connectivity index (χ4n) is 2.91. The highest BCUT2D eigenvalue weighted by Crippen LogP contribution is 2.38. The van der Waals surface area contributed by atoms with Crippen molar-refractivity contribution in [3.8, 4) is 23.0 Å². The number of methoxy groups -OCH3 is 4. The van der Waals surface area contributed by atoms with Gasteiger partial charge in [-0.15, -0.1) is 0 Å². The zero-order valence-corrected chi connectivity index (χ0v) is 15.4. The lowest BCUT2D eigenvalue weighted by Crippen LogP contribution is -1.95. The van der Waals surface area contributed by atoms with Crippen molar-refractivity contribution in [1.29, 1.82) is 0 Å². The summed E-state index contributed by atoms with van der Waals surface area (Å²) in [5.74, 6) is 2.66. The van der Waals surface area contributed by atoms with Crippen molar-refractivity contribution >= 4 is 17.0 Å². The summed E-state index contributed by atoms with van der Waals surface area (Å²) in [6.07, 6.45) is 6.50. The number of allylic oxidation sites excluding steroid dienone is 1. The van der Waals surface area contributed by atoms with E-state index < -0.39 is 0 Å². The lowest BCUT2D eigenvalue weighted by atomic mass is 10.1. The lowest BCUT2D eigenvalue weighted by molar-refractivity contribution is 0.324. The molecule has 0 fully saturated rings. The van der Waals surface area contributed by atoms with E-state index in [1.165, 1.54) is 0 Å². The molecule has 2 aromatic carbocycles. The molecule has 1 heterocycles. The molecule has 0 aliphatic rings. The fourth-order valence-corrected chi connectivity index (χ4v) is 2.91. The van der Waals surface area contributed by atoms with Gasteiger partial charge < -0.3 is 23.4 Å². The zero-order chi connectivity index (χ0) is 18.5. The Hall–Kier alpha value is -3.08. The van der Waals surface area contributed by atoms with E-state index in [0.29, 0.717) is 17.2 Å². The van der Waals surface area contributed by atoms with Crippen LogP contribution in [0, 0.1) is 0 Å². The third kappa shape index (κ3) is 3.47. The first-order valence-electron chi connectivity index (χ1n) is 8.20. The molecule has 0 saturated carbocycles. The number of hydrogen-bond acceptors (Lipinski definition) is 5. The maximum absolute atomic E-state index is 5.50. The normalized spacial score (nSPS) is 11.1. The molecule has 0 aliphatic carbocycles. The minimum atomic E-state index is 0.583. The number of rotatable bonds is 7. The van der Waals surface area contributed by atoms with Crippen LogP contribution in [0.3, 0.4) is 0 Å². The van der Waals surface area contributed by atoms with Gasteiger partial charge in [0.25, 0.3) is 0 Å². The van der Waals surface area contributed by atoms with Gasteiger partial charge in [-0.3, -0.25) is 0 Å². The first-order chi connectivity index (χ1) is 12.7. The van der Waals surface area contributed by atoms with Gasteiger partial charge in [-0.25, -0.2) is 0 Å². The summed E-state index contributed by atoms with van der Waals surface area (Å²) >= 11 is 0. The van der Waals surface area contributed by atoms with Crippen LogP contribution in [0.2, 0.25) is 0 Å². The van der Waals surface area contributed by atoms with E-state index in [-0.39, 0.29) is 0 Å². The zero-order valence-electron chi connectivity index (χ0n) is 15.4. The SMILES string of the molecule is COc1cc(/C=C/Cc2cc(OC)c3ccoc3c2)cc(OC)c1OC. The summed E-state index contributed by atoms with van der Waals surface area (Å²) in [5.41, 5.74) is 2.89. The molecule has 0 radical (unpaired) electrons. The molecule has 0 spiro atoms. The molecule has 3 rings (SSSR count).